The second-order valence-corrected chi connectivity index (χ2v) is 11.9. The van der Waals surface area contributed by atoms with Crippen molar-refractivity contribution in [2.45, 2.75) is 54.3 Å². The van der Waals surface area contributed by atoms with Gasteiger partial charge < -0.3 is 6.42 Å². The van der Waals surface area contributed by atoms with Gasteiger partial charge in [-0.25, -0.2) is 5.92 Å². The van der Waals surface area contributed by atoms with Gasteiger partial charge in [-0.15, -0.1) is 11.5 Å². The average Bonchev–Trinajstić information content (AvgIpc) is 2.73. The van der Waals surface area contributed by atoms with Crippen molar-refractivity contribution in [1.82, 2.24) is 0 Å². The molecule has 1 aliphatic carbocycles. The van der Waals surface area contributed by atoms with Crippen LogP contribution < -0.4 is 0 Å². The average molecular weight is 397 g/mol. The van der Waals surface area contributed by atoms with Gasteiger partial charge in [0.25, 0.3) is 0 Å². The normalized spacial score (nSPS) is 25.5. The van der Waals surface area contributed by atoms with Gasteiger partial charge in [-0.05, 0) is 35.5 Å². The third-order valence-corrected chi connectivity index (χ3v) is 5.65. The van der Waals surface area contributed by atoms with E-state index in [-0.39, 0.29) is 17.1 Å². The molecule has 25 heavy (non-hydrogen) atoms. The van der Waals surface area contributed by atoms with Crippen LogP contribution >= 0.6 is 0 Å². The van der Waals surface area contributed by atoms with E-state index >= 15 is 0 Å². The van der Waals surface area contributed by atoms with E-state index in [9.17, 15) is 0 Å². The first-order chi connectivity index (χ1) is 11.1. The Morgan fingerprint density at radius 2 is 0.920 bits per heavy atom. The van der Waals surface area contributed by atoms with Gasteiger partial charge in [0.2, 0.25) is 0 Å². The topological polar surface area (TPSA) is 39.8 Å². The van der Waals surface area contributed by atoms with E-state index in [1.165, 1.54) is 0 Å². The van der Waals surface area contributed by atoms with Gasteiger partial charge in [0, 0.05) is 0 Å². The first-order valence-electron chi connectivity index (χ1n) is 7.96. The van der Waals surface area contributed by atoms with Crippen LogP contribution in [0.2, 0.25) is 19.6 Å². The van der Waals surface area contributed by atoms with Gasteiger partial charge in [0.05, 0.1) is 0 Å². The Hall–Kier alpha value is -1.10. The minimum Gasteiger partial charge on any atom is 2.00 e. The molecule has 0 aliphatic heterocycles. The molecule has 136 valence electrons. The zero-order valence-corrected chi connectivity index (χ0v) is 18.7. The van der Waals surface area contributed by atoms with Crippen LogP contribution in [0.25, 0.3) is 0 Å². The zero-order valence-electron chi connectivity index (χ0n) is 16.6. The molecule has 0 saturated heterocycles. The number of hydrogen-bond donors (Lipinski definition) is 0. The van der Waals surface area contributed by atoms with E-state index < -0.39 is 8.07 Å². The number of rotatable bonds is 0. The van der Waals surface area contributed by atoms with E-state index in [1.54, 1.807) is 0 Å². The van der Waals surface area contributed by atoms with E-state index in [2.05, 4.69) is 90.9 Å². The molecule has 0 spiro atoms. The SMILES string of the molecule is CC1C(C)C(C)C(C)C1C.[C-]#CC#CC#C[Si](C)(C)C.[C-]#[O+].[C-]#[O+].[Fe+2]. The first kappa shape index (κ1) is 31.6. The third-order valence-electron chi connectivity index (χ3n) is 4.77. The zero-order chi connectivity index (χ0) is 19.9. The summed E-state index contributed by atoms with van der Waals surface area (Å²) in [5, 5.41) is 0. The Bertz CT molecular complexity index is 493. The molecule has 0 bridgehead atoms. The van der Waals surface area contributed by atoms with E-state index in [0.29, 0.717) is 0 Å². The van der Waals surface area contributed by atoms with Crippen molar-refractivity contribution < 1.29 is 26.4 Å². The summed E-state index contributed by atoms with van der Waals surface area (Å²) in [4.78, 5) is 0. The smallest absolute Gasteiger partial charge is 2.00 e. The van der Waals surface area contributed by atoms with E-state index in [0.717, 1.165) is 29.6 Å². The van der Waals surface area contributed by atoms with Gasteiger partial charge in [-0.1, -0.05) is 54.3 Å². The Labute approximate surface area is 167 Å². The summed E-state index contributed by atoms with van der Waals surface area (Å²) in [7, 11) is -1.26. The quantitative estimate of drug-likeness (QED) is 0.249. The van der Waals surface area contributed by atoms with Crippen LogP contribution in [0.5, 0.6) is 0 Å². The first-order valence-corrected chi connectivity index (χ1v) is 11.5. The van der Waals surface area contributed by atoms with Gasteiger partial charge in [-0.3, -0.25) is 5.92 Å². The fraction of sp³-hybridized carbons (Fsp3) is 0.619. The summed E-state index contributed by atoms with van der Waals surface area (Å²) in [6, 6.07) is 0. The molecular formula is C21H29FeO2Si+. The van der Waals surface area contributed by atoms with Crippen molar-refractivity contribution in [3.63, 3.8) is 0 Å². The molecule has 0 N–H and O–H groups in total. The summed E-state index contributed by atoms with van der Waals surface area (Å²) in [6.07, 6.45) is 6.46. The minimum atomic E-state index is -1.26. The molecule has 0 amide bonds. The summed E-state index contributed by atoms with van der Waals surface area (Å²) >= 11 is 0. The molecule has 0 unspecified atom stereocenters. The molecule has 2 nitrogen and oxygen atoms in total. The maximum absolute atomic E-state index is 7.50. The fourth-order valence-electron chi connectivity index (χ4n) is 2.68. The molecule has 1 rings (SSSR count). The van der Waals surface area contributed by atoms with Gasteiger partial charge >= 0.3 is 39.7 Å². The second kappa shape index (κ2) is 17.7. The molecule has 0 aromatic rings. The maximum Gasteiger partial charge on any atom is 2.00 e. The van der Waals surface area contributed by atoms with Crippen LogP contribution in [-0.4, -0.2) is 8.07 Å². The fourth-order valence-corrected chi connectivity index (χ4v) is 3.11. The van der Waals surface area contributed by atoms with Crippen molar-refractivity contribution in [1.29, 1.82) is 0 Å². The molecule has 0 heterocycles. The predicted octanol–water partition coefficient (Wildman–Crippen LogP) is 4.56. The molecule has 0 aromatic heterocycles. The molecule has 0 atom stereocenters. The predicted molar refractivity (Wildman–Crippen MR) is 99.7 cm³/mol. The van der Waals surface area contributed by atoms with Crippen molar-refractivity contribution in [2.75, 3.05) is 0 Å². The van der Waals surface area contributed by atoms with Crippen molar-refractivity contribution >= 4 is 8.07 Å². The van der Waals surface area contributed by atoms with E-state index in [1.807, 2.05) is 5.92 Å². The molecule has 0 radical (unpaired) electrons. The largest absolute Gasteiger partial charge is 2.00 e. The minimum absolute atomic E-state index is 0. The van der Waals surface area contributed by atoms with Crippen LogP contribution in [0.15, 0.2) is 0 Å². The van der Waals surface area contributed by atoms with Crippen LogP contribution in [-0.2, 0) is 26.4 Å². The number of hydrogen-bond acceptors (Lipinski definition) is 0. The second-order valence-electron chi connectivity index (χ2n) is 7.17. The van der Waals surface area contributed by atoms with Crippen LogP contribution in [0.3, 0.4) is 0 Å². The Morgan fingerprint density at radius 1 is 0.640 bits per heavy atom. The summed E-state index contributed by atoms with van der Waals surface area (Å²) in [6.45, 7) is 27.4. The van der Waals surface area contributed by atoms with Crippen LogP contribution in [0.4, 0.5) is 0 Å². The maximum atomic E-state index is 7.50. The molecular weight excluding hydrogens is 368 g/mol. The van der Waals surface area contributed by atoms with Crippen LogP contribution in [0, 0.1) is 78.5 Å². The summed E-state index contributed by atoms with van der Waals surface area (Å²) in [5.41, 5.74) is 3.05. The van der Waals surface area contributed by atoms with Crippen LogP contribution in [0.1, 0.15) is 34.6 Å². The summed E-state index contributed by atoms with van der Waals surface area (Å²) < 4.78 is 15.0. The Balaban J connectivity index is -0.000000142. The summed E-state index contributed by atoms with van der Waals surface area (Å²) in [5.74, 6) is 14.2. The van der Waals surface area contributed by atoms with Gasteiger partial charge in [0.15, 0.2) is 0 Å². The Morgan fingerprint density at radius 3 is 1.12 bits per heavy atom. The van der Waals surface area contributed by atoms with Crippen molar-refractivity contribution in [3.05, 3.63) is 19.7 Å². The molecule has 1 aliphatic rings. The van der Waals surface area contributed by atoms with Gasteiger partial charge in [-0.2, -0.15) is 0 Å². The van der Waals surface area contributed by atoms with Gasteiger partial charge in [0.1, 0.15) is 8.07 Å². The van der Waals surface area contributed by atoms with Crippen molar-refractivity contribution in [2.24, 2.45) is 29.6 Å². The standard InChI is InChI=1S/C10H20.C9H9Si.2CO.Fe/c1-6-7(2)9(4)10(5)8(6)3;1-5-6-7-8-9-10(2,3)4;2*1-2;/h6-10H,1-5H3;2-4H3;;;/q;-1;;;+2. The van der Waals surface area contributed by atoms with Crippen molar-refractivity contribution in [3.8, 4) is 29.2 Å². The third kappa shape index (κ3) is 14.9. The molecule has 1 saturated carbocycles. The molecule has 4 heteroatoms. The molecule has 0 aromatic carbocycles. The van der Waals surface area contributed by atoms with E-state index in [4.69, 9.17) is 15.7 Å². The molecule has 1 fully saturated rings. The monoisotopic (exact) mass is 397 g/mol. The Kier molecular flexibility index (Phi) is 22.4.